The maximum absolute atomic E-state index is 8.88. The summed E-state index contributed by atoms with van der Waals surface area (Å²) in [6, 6.07) is 0. The summed E-state index contributed by atoms with van der Waals surface area (Å²) >= 11 is 0. The average Bonchev–Trinajstić information content (AvgIpc) is 1.85. The first kappa shape index (κ1) is 19.2. The zero-order valence-electron chi connectivity index (χ0n) is 8.59. The van der Waals surface area contributed by atoms with Crippen LogP contribution in [0.3, 0.4) is 0 Å². The van der Waals surface area contributed by atoms with Gasteiger partial charge in [0.05, 0.1) is 13.2 Å². The van der Waals surface area contributed by atoms with E-state index in [1.54, 1.807) is 12.2 Å². The second kappa shape index (κ2) is 12.6. The molecule has 5 nitrogen and oxygen atoms in total. The third-order valence-electron chi connectivity index (χ3n) is 0.471. The normalized spacial score (nSPS) is 8.85. The number of ether oxygens (including phenoxy) is 1. The van der Waals surface area contributed by atoms with Gasteiger partial charge < -0.3 is 20.8 Å². The Bertz CT molecular complexity index is 155. The smallest absolute Gasteiger partial charge is 1.00 e. The van der Waals surface area contributed by atoms with Crippen molar-refractivity contribution >= 4 is 7.82 Å². The summed E-state index contributed by atoms with van der Waals surface area (Å²) in [4.78, 5) is 21.6. The first-order chi connectivity index (χ1) is 5.41. The van der Waals surface area contributed by atoms with Gasteiger partial charge in [0.25, 0.3) is 0 Å². The van der Waals surface area contributed by atoms with Crippen LogP contribution in [0.5, 0.6) is 0 Å². The largest absolute Gasteiger partial charge is 1.00 e. The topological polar surface area (TPSA) is 87.0 Å². The van der Waals surface area contributed by atoms with Gasteiger partial charge in [-0.1, -0.05) is 12.2 Å². The second-order valence-corrected chi connectivity index (χ2v) is 2.65. The fourth-order valence-electron chi connectivity index (χ4n) is 0.235. The molecule has 0 spiro atoms. The van der Waals surface area contributed by atoms with Crippen LogP contribution in [0.25, 0.3) is 0 Å². The van der Waals surface area contributed by atoms with Gasteiger partial charge in [-0.25, -0.2) is 4.57 Å². The van der Waals surface area contributed by atoms with E-state index in [2.05, 4.69) is 13.2 Å². The van der Waals surface area contributed by atoms with Crippen molar-refractivity contribution in [1.82, 2.24) is 0 Å². The number of hydrogen-bond donors (Lipinski definition) is 3. The molecule has 74 valence electrons. The van der Waals surface area contributed by atoms with E-state index in [1.807, 2.05) is 0 Å². The molecular formula is C6H14NaO5P. The Hall–Kier alpha value is 0.550. The molecule has 0 aliphatic carbocycles. The molecule has 0 radical (unpaired) electrons. The number of rotatable bonds is 4. The molecule has 0 heterocycles. The molecule has 0 aliphatic rings. The van der Waals surface area contributed by atoms with Crippen molar-refractivity contribution in [1.29, 1.82) is 0 Å². The van der Waals surface area contributed by atoms with Crippen molar-refractivity contribution in [3.05, 3.63) is 25.3 Å². The molecule has 0 atom stereocenters. The van der Waals surface area contributed by atoms with E-state index < -0.39 is 7.82 Å². The van der Waals surface area contributed by atoms with Gasteiger partial charge in [-0.15, -0.1) is 13.2 Å². The number of hydrogen-bond acceptors (Lipinski definition) is 2. The van der Waals surface area contributed by atoms with Crippen LogP contribution in [0.2, 0.25) is 0 Å². The van der Waals surface area contributed by atoms with Gasteiger partial charge >= 0.3 is 37.4 Å². The molecule has 0 saturated heterocycles. The fraction of sp³-hybridized carbons (Fsp3) is 0.333. The van der Waals surface area contributed by atoms with E-state index in [1.165, 1.54) is 0 Å². The minimum atomic E-state index is -4.64. The molecule has 0 saturated carbocycles. The third-order valence-corrected chi connectivity index (χ3v) is 0.471. The minimum Gasteiger partial charge on any atom is -1.00 e. The summed E-state index contributed by atoms with van der Waals surface area (Å²) in [7, 11) is -4.64. The summed E-state index contributed by atoms with van der Waals surface area (Å²) in [6.45, 7) is 8.18. The first-order valence-corrected chi connectivity index (χ1v) is 4.56. The predicted octanol–water partition coefficient (Wildman–Crippen LogP) is -2.44. The molecule has 0 amide bonds. The van der Waals surface area contributed by atoms with Crippen molar-refractivity contribution in [2.45, 2.75) is 0 Å². The SMILES string of the molecule is C=CCOCC=C.O=P(O)(O)O.[H-].[Na+]. The Morgan fingerprint density at radius 2 is 1.46 bits per heavy atom. The Labute approximate surface area is 101 Å². The van der Waals surface area contributed by atoms with Crippen molar-refractivity contribution in [2.75, 3.05) is 13.2 Å². The van der Waals surface area contributed by atoms with Gasteiger partial charge in [0.2, 0.25) is 0 Å². The molecule has 0 bridgehead atoms. The summed E-state index contributed by atoms with van der Waals surface area (Å²) in [5, 5.41) is 0. The van der Waals surface area contributed by atoms with Crippen molar-refractivity contribution in [3.63, 3.8) is 0 Å². The average molecular weight is 220 g/mol. The van der Waals surface area contributed by atoms with Crippen molar-refractivity contribution in [2.24, 2.45) is 0 Å². The molecule has 0 rings (SSSR count). The summed E-state index contributed by atoms with van der Waals surface area (Å²) < 4.78 is 13.8. The van der Waals surface area contributed by atoms with Crippen LogP contribution in [-0.2, 0) is 9.30 Å². The molecule has 3 N–H and O–H groups in total. The van der Waals surface area contributed by atoms with Gasteiger partial charge in [0.1, 0.15) is 0 Å². The van der Waals surface area contributed by atoms with Crippen LogP contribution in [0.4, 0.5) is 0 Å². The minimum absolute atomic E-state index is 0. The summed E-state index contributed by atoms with van der Waals surface area (Å²) in [6.07, 6.45) is 3.42. The number of phosphoric acid groups is 1. The van der Waals surface area contributed by atoms with E-state index in [9.17, 15) is 0 Å². The zero-order valence-corrected chi connectivity index (χ0v) is 10.5. The molecule has 0 aliphatic heterocycles. The van der Waals surface area contributed by atoms with Gasteiger partial charge in [0, 0.05) is 0 Å². The van der Waals surface area contributed by atoms with Crippen LogP contribution >= 0.6 is 7.82 Å². The third kappa shape index (κ3) is 67.5. The Kier molecular flexibility index (Phi) is 18.5. The van der Waals surface area contributed by atoms with Gasteiger partial charge in [-0.05, 0) is 0 Å². The van der Waals surface area contributed by atoms with Crippen LogP contribution in [0.15, 0.2) is 25.3 Å². The molecule has 0 aromatic rings. The summed E-state index contributed by atoms with van der Waals surface area (Å²) in [5.41, 5.74) is 0. The van der Waals surface area contributed by atoms with Gasteiger partial charge in [-0.3, -0.25) is 0 Å². The van der Waals surface area contributed by atoms with E-state index in [4.69, 9.17) is 24.0 Å². The zero-order chi connectivity index (χ0) is 10.0. The van der Waals surface area contributed by atoms with Gasteiger partial charge in [0.15, 0.2) is 0 Å². The summed E-state index contributed by atoms with van der Waals surface area (Å²) in [5.74, 6) is 0. The maximum Gasteiger partial charge on any atom is 1.00 e. The fourth-order valence-corrected chi connectivity index (χ4v) is 0.235. The van der Waals surface area contributed by atoms with E-state index >= 15 is 0 Å². The van der Waals surface area contributed by atoms with Crippen molar-refractivity contribution < 1.29 is 55.0 Å². The van der Waals surface area contributed by atoms with Crippen LogP contribution in [0.1, 0.15) is 1.43 Å². The van der Waals surface area contributed by atoms with Gasteiger partial charge in [-0.2, -0.15) is 0 Å². The van der Waals surface area contributed by atoms with Crippen LogP contribution < -0.4 is 29.6 Å². The molecular weight excluding hydrogens is 206 g/mol. The van der Waals surface area contributed by atoms with Crippen molar-refractivity contribution in [3.8, 4) is 0 Å². The quantitative estimate of drug-likeness (QED) is 0.212. The predicted molar refractivity (Wildman–Crippen MR) is 46.6 cm³/mol. The van der Waals surface area contributed by atoms with E-state index in [0.29, 0.717) is 13.2 Å². The molecule has 0 fully saturated rings. The Morgan fingerprint density at radius 3 is 1.62 bits per heavy atom. The molecule has 13 heavy (non-hydrogen) atoms. The maximum atomic E-state index is 8.88. The van der Waals surface area contributed by atoms with Crippen LogP contribution in [-0.4, -0.2) is 27.9 Å². The van der Waals surface area contributed by atoms with E-state index in [-0.39, 0.29) is 31.0 Å². The molecule has 7 heteroatoms. The first-order valence-electron chi connectivity index (χ1n) is 2.99. The molecule has 0 unspecified atom stereocenters. The molecule has 0 aromatic heterocycles. The van der Waals surface area contributed by atoms with Crippen LogP contribution in [0, 0.1) is 0 Å². The molecule has 0 aromatic carbocycles. The standard InChI is InChI=1S/C6H10O.Na.H3O4P.H/c1-3-5-7-6-4-2;;1-5(2,3)4;/h3-4H,1-2,5-6H2;;(H3,1,2,3,4);/q;+1;;-1. The second-order valence-electron chi connectivity index (χ2n) is 1.63. The monoisotopic (exact) mass is 220 g/mol. The van der Waals surface area contributed by atoms with E-state index in [0.717, 1.165) is 0 Å². The Balaban J connectivity index is -0.0000000651. The Morgan fingerprint density at radius 1 is 1.23 bits per heavy atom.